The van der Waals surface area contributed by atoms with Gasteiger partial charge in [0.25, 0.3) is 5.91 Å². The number of aliphatic hydroxyl groups excluding tert-OH is 1. The Kier molecular flexibility index (Phi) is 8.19. The molecule has 1 spiro atoms. The van der Waals surface area contributed by atoms with Gasteiger partial charge in [0, 0.05) is 50.5 Å². The summed E-state index contributed by atoms with van der Waals surface area (Å²) in [5.74, 6) is 2.87. The number of anilines is 2. The minimum absolute atomic E-state index is 0.114. The number of benzene rings is 1. The first-order valence-electron chi connectivity index (χ1n) is 15.5. The summed E-state index contributed by atoms with van der Waals surface area (Å²) in [7, 11) is 0. The molecule has 11 heteroatoms. The van der Waals surface area contributed by atoms with Gasteiger partial charge in [-0.1, -0.05) is 23.7 Å². The normalized spacial score (nSPS) is 22.6. The van der Waals surface area contributed by atoms with Crippen molar-refractivity contribution in [3.63, 3.8) is 0 Å². The van der Waals surface area contributed by atoms with Crippen LogP contribution < -0.4 is 15.5 Å². The molecule has 2 aliphatic heterocycles. The smallest absolute Gasteiger partial charge is 0.410 e. The fourth-order valence-corrected chi connectivity index (χ4v) is 7.20. The van der Waals surface area contributed by atoms with Gasteiger partial charge in [0.15, 0.2) is 0 Å². The number of amides is 2. The highest BCUT2D eigenvalue weighted by Gasteiger charge is 2.47. The summed E-state index contributed by atoms with van der Waals surface area (Å²) in [6.45, 7) is 9.97. The average molecular weight is 611 g/mol. The fourth-order valence-electron chi connectivity index (χ4n) is 6.94. The summed E-state index contributed by atoms with van der Waals surface area (Å²) in [5.41, 5.74) is 1.79. The maximum Gasteiger partial charge on any atom is 0.410 e. The van der Waals surface area contributed by atoms with Gasteiger partial charge in [-0.25, -0.2) is 9.78 Å². The number of ether oxygens (including phenoxy) is 1. The second kappa shape index (κ2) is 11.8. The molecular formula is C32H43ClN6O4. The molecular weight excluding hydrogens is 568 g/mol. The van der Waals surface area contributed by atoms with Crippen LogP contribution in [0.1, 0.15) is 74.4 Å². The zero-order chi connectivity index (χ0) is 30.4. The molecule has 10 nitrogen and oxygen atoms in total. The van der Waals surface area contributed by atoms with Crippen LogP contribution in [0, 0.1) is 23.2 Å². The Bertz CT molecular complexity index is 1350. The van der Waals surface area contributed by atoms with Crippen LogP contribution in [0.2, 0.25) is 5.02 Å². The molecule has 4 aliphatic rings. The molecule has 0 radical (unpaired) electrons. The standard InChI is InChI=1S/C32H43ClN6O4/c1-31(2,3)43-30(42)38-8-6-32(7-9-38)12-21(13-32)15-35-28(41)25-16-36-29(39-17-23-11-24(23)18-39)37-27(25)34-14-20-4-5-22(19-40)26(33)10-20/h4-5,10,16,21,23-24,40H,6-9,11-15,17-19H2,1-3H3,(H,35,41)(H,34,36,37). The molecule has 2 aromatic rings. The highest BCUT2D eigenvalue weighted by Crippen LogP contribution is 2.52. The molecule has 2 saturated heterocycles. The average Bonchev–Trinajstić information content (AvgIpc) is 3.57. The van der Waals surface area contributed by atoms with Crippen LogP contribution in [0.5, 0.6) is 0 Å². The van der Waals surface area contributed by atoms with Crippen LogP contribution >= 0.6 is 11.6 Å². The first kappa shape index (κ1) is 29.9. The van der Waals surface area contributed by atoms with E-state index >= 15 is 0 Å². The van der Waals surface area contributed by atoms with Crippen molar-refractivity contribution < 1.29 is 19.4 Å². The van der Waals surface area contributed by atoms with Crippen molar-refractivity contribution in [1.29, 1.82) is 0 Å². The Labute approximate surface area is 258 Å². The lowest BCUT2D eigenvalue weighted by atomic mass is 9.57. The monoisotopic (exact) mass is 610 g/mol. The van der Waals surface area contributed by atoms with Crippen LogP contribution in [0.15, 0.2) is 24.4 Å². The summed E-state index contributed by atoms with van der Waals surface area (Å²) in [5, 5.41) is 16.4. The molecule has 0 bridgehead atoms. The second-order valence-corrected chi connectivity index (χ2v) is 14.4. The molecule has 2 unspecified atom stereocenters. The van der Waals surface area contributed by atoms with Gasteiger partial charge < -0.3 is 30.3 Å². The minimum atomic E-state index is -0.485. The number of likely N-dealkylation sites (tertiary alicyclic amines) is 1. The maximum atomic E-state index is 13.4. The lowest BCUT2D eigenvalue weighted by Gasteiger charge is -2.52. The van der Waals surface area contributed by atoms with Crippen LogP contribution in [-0.4, -0.2) is 70.3 Å². The Hall–Kier alpha value is -3.11. The summed E-state index contributed by atoms with van der Waals surface area (Å²) in [6, 6.07) is 5.53. The third-order valence-corrected chi connectivity index (χ3v) is 9.85. The molecule has 4 fully saturated rings. The summed E-state index contributed by atoms with van der Waals surface area (Å²) >= 11 is 6.30. The van der Waals surface area contributed by atoms with Crippen molar-refractivity contribution in [3.8, 4) is 0 Å². The van der Waals surface area contributed by atoms with Crippen molar-refractivity contribution in [3.05, 3.63) is 46.1 Å². The van der Waals surface area contributed by atoms with E-state index in [1.54, 1.807) is 6.20 Å². The summed E-state index contributed by atoms with van der Waals surface area (Å²) in [6.07, 6.45) is 6.76. The van der Waals surface area contributed by atoms with Crippen LogP contribution in [0.3, 0.4) is 0 Å². The molecule has 2 amide bonds. The third-order valence-electron chi connectivity index (χ3n) is 9.50. The van der Waals surface area contributed by atoms with Gasteiger partial charge in [-0.05, 0) is 93.2 Å². The van der Waals surface area contributed by atoms with E-state index in [2.05, 4.69) is 20.5 Å². The second-order valence-electron chi connectivity index (χ2n) is 14.0. The molecule has 3 heterocycles. The number of carbonyl (C=O) groups excluding carboxylic acids is 2. The van der Waals surface area contributed by atoms with Crippen molar-refractivity contribution in [2.75, 3.05) is 42.9 Å². The number of nitrogens with zero attached hydrogens (tertiary/aromatic N) is 4. The Balaban J connectivity index is 1.05. The summed E-state index contributed by atoms with van der Waals surface area (Å²) in [4.78, 5) is 39.3. The van der Waals surface area contributed by atoms with Gasteiger partial charge >= 0.3 is 6.09 Å². The summed E-state index contributed by atoms with van der Waals surface area (Å²) < 4.78 is 5.54. The van der Waals surface area contributed by atoms with E-state index in [-0.39, 0.29) is 24.0 Å². The van der Waals surface area contributed by atoms with E-state index in [1.807, 2.05) is 43.9 Å². The lowest BCUT2D eigenvalue weighted by molar-refractivity contribution is -0.0265. The maximum absolute atomic E-state index is 13.4. The number of hydrogen-bond acceptors (Lipinski definition) is 8. The SMILES string of the molecule is CC(C)(C)OC(=O)N1CCC2(CC1)CC(CNC(=O)c1cnc(N3CC4CC4C3)nc1NCc1ccc(CO)c(Cl)c1)C2. The lowest BCUT2D eigenvalue weighted by Crippen LogP contribution is -2.51. The number of halogens is 1. The number of fused-ring (bicyclic) bond motifs is 1. The molecule has 2 aliphatic carbocycles. The quantitative estimate of drug-likeness (QED) is 0.388. The number of rotatable bonds is 8. The van der Waals surface area contributed by atoms with Crippen LogP contribution in [0.4, 0.5) is 16.6 Å². The number of piperidine rings is 2. The zero-order valence-electron chi connectivity index (χ0n) is 25.4. The minimum Gasteiger partial charge on any atom is -0.444 e. The third kappa shape index (κ3) is 6.85. The number of nitrogens with one attached hydrogen (secondary N) is 2. The molecule has 1 aromatic heterocycles. The molecule has 2 saturated carbocycles. The molecule has 2 atom stereocenters. The number of hydrogen-bond donors (Lipinski definition) is 3. The first-order valence-corrected chi connectivity index (χ1v) is 15.9. The van der Waals surface area contributed by atoms with E-state index in [0.717, 1.165) is 69.3 Å². The van der Waals surface area contributed by atoms with Crippen molar-refractivity contribution in [2.45, 2.75) is 71.6 Å². The highest BCUT2D eigenvalue weighted by atomic mass is 35.5. The van der Waals surface area contributed by atoms with Crippen LogP contribution in [-0.2, 0) is 17.9 Å². The van der Waals surface area contributed by atoms with Crippen molar-refractivity contribution in [2.24, 2.45) is 23.2 Å². The Morgan fingerprint density at radius 1 is 1.16 bits per heavy atom. The largest absolute Gasteiger partial charge is 0.444 e. The van der Waals surface area contributed by atoms with Gasteiger partial charge in [0.05, 0.1) is 6.61 Å². The van der Waals surface area contributed by atoms with Gasteiger partial charge in [-0.2, -0.15) is 4.98 Å². The predicted octanol–water partition coefficient (Wildman–Crippen LogP) is 4.85. The van der Waals surface area contributed by atoms with E-state index in [9.17, 15) is 14.7 Å². The van der Waals surface area contributed by atoms with Gasteiger partial charge in [0.1, 0.15) is 17.0 Å². The Morgan fingerprint density at radius 3 is 2.53 bits per heavy atom. The molecule has 1 aromatic carbocycles. The predicted molar refractivity (Wildman–Crippen MR) is 165 cm³/mol. The van der Waals surface area contributed by atoms with Crippen molar-refractivity contribution >= 4 is 35.4 Å². The topological polar surface area (TPSA) is 120 Å². The van der Waals surface area contributed by atoms with Gasteiger partial charge in [0.2, 0.25) is 5.95 Å². The van der Waals surface area contributed by atoms with E-state index in [1.165, 1.54) is 6.42 Å². The number of aromatic nitrogens is 2. The van der Waals surface area contributed by atoms with E-state index in [4.69, 9.17) is 21.3 Å². The highest BCUT2D eigenvalue weighted by molar-refractivity contribution is 6.31. The van der Waals surface area contributed by atoms with Crippen LogP contribution in [0.25, 0.3) is 0 Å². The molecule has 3 N–H and O–H groups in total. The molecule has 6 rings (SSSR count). The van der Waals surface area contributed by atoms with Gasteiger partial charge in [-0.15, -0.1) is 0 Å². The first-order chi connectivity index (χ1) is 20.5. The Morgan fingerprint density at radius 2 is 1.88 bits per heavy atom. The number of aliphatic hydroxyl groups is 1. The molecule has 232 valence electrons. The van der Waals surface area contributed by atoms with E-state index < -0.39 is 5.60 Å². The molecule has 43 heavy (non-hydrogen) atoms. The van der Waals surface area contributed by atoms with Crippen molar-refractivity contribution in [1.82, 2.24) is 20.2 Å². The number of carbonyl (C=O) groups is 2. The van der Waals surface area contributed by atoms with Gasteiger partial charge in [-0.3, -0.25) is 4.79 Å². The zero-order valence-corrected chi connectivity index (χ0v) is 26.1. The van der Waals surface area contributed by atoms with E-state index in [0.29, 0.717) is 46.9 Å². The fraction of sp³-hybridized carbons (Fsp3) is 0.625.